The second-order valence-corrected chi connectivity index (χ2v) is 5.54. The number of rotatable bonds is 6. The van der Waals surface area contributed by atoms with E-state index in [-0.39, 0.29) is 17.4 Å². The minimum absolute atomic E-state index is 0.0285. The lowest BCUT2D eigenvalue weighted by atomic mass is 10.3. The van der Waals surface area contributed by atoms with Crippen LogP contribution in [-0.2, 0) is 20.9 Å². The highest BCUT2D eigenvalue weighted by molar-refractivity contribution is 6.35. The third-order valence-corrected chi connectivity index (χ3v) is 3.46. The second-order valence-electron chi connectivity index (χ2n) is 4.70. The first kappa shape index (κ1) is 18.2. The van der Waals surface area contributed by atoms with Crippen LogP contribution in [0.25, 0.3) is 0 Å². The molecule has 0 saturated carbocycles. The molecule has 1 aromatic carbocycles. The minimum Gasteiger partial charge on any atom is -0.477 e. The van der Waals surface area contributed by atoms with E-state index < -0.39 is 18.0 Å². The minimum atomic E-state index is -0.890. The second kappa shape index (κ2) is 8.08. The summed E-state index contributed by atoms with van der Waals surface area (Å²) in [4.78, 5) is 23.2. The van der Waals surface area contributed by atoms with Crippen LogP contribution in [0.15, 0.2) is 34.7 Å². The van der Waals surface area contributed by atoms with Gasteiger partial charge >= 0.3 is 11.9 Å². The van der Waals surface area contributed by atoms with Crippen LogP contribution < -0.4 is 4.74 Å². The molecule has 128 valence electrons. The van der Waals surface area contributed by atoms with Crippen LogP contribution in [0.2, 0.25) is 10.0 Å². The van der Waals surface area contributed by atoms with E-state index in [9.17, 15) is 9.59 Å². The van der Waals surface area contributed by atoms with Gasteiger partial charge < -0.3 is 18.6 Å². The maximum absolute atomic E-state index is 11.9. The first-order valence-electron chi connectivity index (χ1n) is 6.86. The topological polar surface area (TPSA) is 75.0 Å². The zero-order valence-corrected chi connectivity index (χ0v) is 14.4. The van der Waals surface area contributed by atoms with Crippen LogP contribution in [0.1, 0.15) is 23.2 Å². The van der Waals surface area contributed by atoms with Crippen molar-refractivity contribution in [2.75, 3.05) is 7.11 Å². The molecule has 2 aromatic rings. The Morgan fingerprint density at radius 3 is 2.62 bits per heavy atom. The molecule has 24 heavy (non-hydrogen) atoms. The summed E-state index contributed by atoms with van der Waals surface area (Å²) in [7, 11) is 1.24. The number of halogens is 2. The first-order valence-corrected chi connectivity index (χ1v) is 7.61. The summed E-state index contributed by atoms with van der Waals surface area (Å²) in [5.41, 5.74) is 0. The fourth-order valence-electron chi connectivity index (χ4n) is 1.73. The smallest absolute Gasteiger partial charge is 0.373 e. The number of hydrogen-bond donors (Lipinski definition) is 0. The molecule has 0 radical (unpaired) electrons. The third kappa shape index (κ3) is 4.66. The molecule has 1 heterocycles. The van der Waals surface area contributed by atoms with Crippen molar-refractivity contribution in [1.82, 2.24) is 0 Å². The van der Waals surface area contributed by atoms with E-state index in [4.69, 9.17) is 37.1 Å². The molecule has 0 unspecified atom stereocenters. The maximum Gasteiger partial charge on any atom is 0.373 e. The molecule has 8 heteroatoms. The summed E-state index contributed by atoms with van der Waals surface area (Å²) in [5.74, 6) is -0.573. The number of furan rings is 1. The van der Waals surface area contributed by atoms with E-state index in [1.54, 1.807) is 12.1 Å². The van der Waals surface area contributed by atoms with Crippen molar-refractivity contribution in [2.24, 2.45) is 0 Å². The van der Waals surface area contributed by atoms with E-state index in [1.165, 1.54) is 32.2 Å². The van der Waals surface area contributed by atoms with Crippen molar-refractivity contribution in [3.8, 4) is 5.75 Å². The van der Waals surface area contributed by atoms with Gasteiger partial charge in [0.05, 0.1) is 12.1 Å². The predicted octanol–water partition coefficient (Wildman–Crippen LogP) is 3.88. The molecule has 0 amide bonds. The summed E-state index contributed by atoms with van der Waals surface area (Å²) in [6.07, 6.45) is -0.890. The van der Waals surface area contributed by atoms with Gasteiger partial charge in [-0.1, -0.05) is 23.2 Å². The molecular weight excluding hydrogens is 359 g/mol. The lowest BCUT2D eigenvalue weighted by molar-refractivity contribution is -0.153. The van der Waals surface area contributed by atoms with E-state index in [0.717, 1.165) is 0 Å². The molecule has 0 bridgehead atoms. The van der Waals surface area contributed by atoms with Crippen molar-refractivity contribution >= 4 is 35.1 Å². The van der Waals surface area contributed by atoms with Gasteiger partial charge in [0, 0.05) is 5.02 Å². The normalized spacial score (nSPS) is 11.7. The van der Waals surface area contributed by atoms with Gasteiger partial charge in [0.15, 0.2) is 6.10 Å². The summed E-state index contributed by atoms with van der Waals surface area (Å²) >= 11 is 11.8. The zero-order valence-electron chi connectivity index (χ0n) is 12.9. The fourth-order valence-corrected chi connectivity index (χ4v) is 2.19. The van der Waals surface area contributed by atoms with Gasteiger partial charge in [0.25, 0.3) is 0 Å². The standard InChI is InChI=1S/C16H14Cl2O6/c1-9(23-13-5-3-10(17)7-12(13)18)15(19)22-8-11-4-6-14(24-11)16(20)21-2/h3-7,9H,8H2,1-2H3/t9-/m1/s1. The molecular formula is C16H14Cl2O6. The predicted molar refractivity (Wildman–Crippen MR) is 86.4 cm³/mol. The molecule has 0 aliphatic carbocycles. The first-order chi connectivity index (χ1) is 11.4. The molecule has 0 spiro atoms. The molecule has 1 atom stereocenters. The summed E-state index contributed by atoms with van der Waals surface area (Å²) in [5, 5.41) is 0.748. The zero-order chi connectivity index (χ0) is 17.7. The SMILES string of the molecule is COC(=O)c1ccc(COC(=O)[C@@H](C)Oc2ccc(Cl)cc2Cl)o1. The number of esters is 2. The number of hydrogen-bond acceptors (Lipinski definition) is 6. The number of carbonyl (C=O) groups excluding carboxylic acids is 2. The Labute approximate surface area is 148 Å². The van der Waals surface area contributed by atoms with Gasteiger partial charge in [-0.05, 0) is 37.3 Å². The molecule has 1 aromatic heterocycles. The van der Waals surface area contributed by atoms with Crippen molar-refractivity contribution in [1.29, 1.82) is 0 Å². The maximum atomic E-state index is 11.9. The van der Waals surface area contributed by atoms with E-state index in [0.29, 0.717) is 16.5 Å². The van der Waals surface area contributed by atoms with E-state index in [1.807, 2.05) is 0 Å². The average molecular weight is 373 g/mol. The van der Waals surface area contributed by atoms with Crippen molar-refractivity contribution in [2.45, 2.75) is 19.6 Å². The van der Waals surface area contributed by atoms with Crippen molar-refractivity contribution in [3.63, 3.8) is 0 Å². The number of ether oxygens (including phenoxy) is 3. The lowest BCUT2D eigenvalue weighted by Crippen LogP contribution is -2.26. The largest absolute Gasteiger partial charge is 0.477 e. The van der Waals surface area contributed by atoms with Crippen LogP contribution in [0.5, 0.6) is 5.75 Å². The Balaban J connectivity index is 1.89. The van der Waals surface area contributed by atoms with Crippen molar-refractivity contribution < 1.29 is 28.2 Å². The fraction of sp³-hybridized carbons (Fsp3) is 0.250. The Hall–Kier alpha value is -2.18. The van der Waals surface area contributed by atoms with Gasteiger partial charge in [0.1, 0.15) is 18.1 Å². The monoisotopic (exact) mass is 372 g/mol. The Morgan fingerprint density at radius 2 is 1.96 bits per heavy atom. The highest BCUT2D eigenvalue weighted by Crippen LogP contribution is 2.28. The van der Waals surface area contributed by atoms with Crippen LogP contribution in [0, 0.1) is 0 Å². The van der Waals surface area contributed by atoms with Crippen LogP contribution >= 0.6 is 23.2 Å². The molecule has 0 aliphatic heterocycles. The number of methoxy groups -OCH3 is 1. The van der Waals surface area contributed by atoms with Gasteiger partial charge in [-0.25, -0.2) is 9.59 Å². The summed E-state index contributed by atoms with van der Waals surface area (Å²) in [6, 6.07) is 7.61. The Bertz CT molecular complexity index is 740. The molecule has 0 N–H and O–H groups in total. The Kier molecular flexibility index (Phi) is 6.11. The molecule has 2 rings (SSSR count). The van der Waals surface area contributed by atoms with Crippen molar-refractivity contribution in [3.05, 3.63) is 51.9 Å². The van der Waals surface area contributed by atoms with Gasteiger partial charge in [-0.2, -0.15) is 0 Å². The van der Waals surface area contributed by atoms with Gasteiger partial charge in [-0.3, -0.25) is 0 Å². The third-order valence-electron chi connectivity index (χ3n) is 2.93. The van der Waals surface area contributed by atoms with Crippen LogP contribution in [-0.4, -0.2) is 25.2 Å². The number of benzene rings is 1. The number of carbonyl (C=O) groups is 2. The van der Waals surface area contributed by atoms with Gasteiger partial charge in [-0.15, -0.1) is 0 Å². The quantitative estimate of drug-likeness (QED) is 0.716. The van der Waals surface area contributed by atoms with Crippen LogP contribution in [0.3, 0.4) is 0 Å². The molecule has 0 aliphatic rings. The molecule has 6 nitrogen and oxygen atoms in total. The molecule has 0 fully saturated rings. The highest BCUT2D eigenvalue weighted by Gasteiger charge is 2.19. The lowest BCUT2D eigenvalue weighted by Gasteiger charge is -2.14. The van der Waals surface area contributed by atoms with E-state index in [2.05, 4.69) is 4.74 Å². The summed E-state index contributed by atoms with van der Waals surface area (Å²) in [6.45, 7) is 1.38. The van der Waals surface area contributed by atoms with E-state index >= 15 is 0 Å². The van der Waals surface area contributed by atoms with Gasteiger partial charge in [0.2, 0.25) is 5.76 Å². The Morgan fingerprint density at radius 1 is 1.21 bits per heavy atom. The molecule has 0 saturated heterocycles. The average Bonchev–Trinajstić information content (AvgIpc) is 3.03. The highest BCUT2D eigenvalue weighted by atomic mass is 35.5. The van der Waals surface area contributed by atoms with Crippen LogP contribution in [0.4, 0.5) is 0 Å². The summed E-state index contributed by atoms with van der Waals surface area (Å²) < 4.78 is 20.2.